The van der Waals surface area contributed by atoms with E-state index in [2.05, 4.69) is 20.9 Å². The van der Waals surface area contributed by atoms with Crippen LogP contribution in [0.15, 0.2) is 22.9 Å². The summed E-state index contributed by atoms with van der Waals surface area (Å²) < 4.78 is 45.5. The van der Waals surface area contributed by atoms with E-state index in [9.17, 15) is 13.2 Å². The van der Waals surface area contributed by atoms with E-state index in [1.807, 2.05) is 0 Å². The zero-order valence-corrected chi connectivity index (χ0v) is 11.0. The largest absolute Gasteiger partial charge is 0.418 e. The highest BCUT2D eigenvalue weighted by Gasteiger charge is 2.34. The van der Waals surface area contributed by atoms with Crippen LogP contribution in [-0.2, 0) is 17.5 Å². The first-order valence-electron chi connectivity index (χ1n) is 5.14. The van der Waals surface area contributed by atoms with Crippen molar-refractivity contribution in [3.05, 3.63) is 28.5 Å². The van der Waals surface area contributed by atoms with E-state index >= 15 is 0 Å². The van der Waals surface area contributed by atoms with Crippen LogP contribution in [0.5, 0.6) is 0 Å². The van der Waals surface area contributed by atoms with E-state index in [-0.39, 0.29) is 5.52 Å². The fraction of sp³-hybridized carbons (Fsp3) is 0.364. The van der Waals surface area contributed by atoms with E-state index in [0.29, 0.717) is 23.1 Å². The molecule has 1 aromatic carbocycles. The van der Waals surface area contributed by atoms with Crippen LogP contribution in [0.25, 0.3) is 11.0 Å². The van der Waals surface area contributed by atoms with Crippen molar-refractivity contribution in [1.82, 2.24) is 9.55 Å². The third kappa shape index (κ3) is 2.51. The van der Waals surface area contributed by atoms with Gasteiger partial charge in [0.2, 0.25) is 0 Å². The number of halogens is 4. The lowest BCUT2D eigenvalue weighted by Crippen LogP contribution is -2.07. The minimum atomic E-state index is -4.41. The maximum atomic E-state index is 12.9. The number of hydrogen-bond acceptors (Lipinski definition) is 2. The maximum Gasteiger partial charge on any atom is 0.418 e. The third-order valence-electron chi connectivity index (χ3n) is 2.53. The Morgan fingerprint density at radius 1 is 1.39 bits per heavy atom. The normalized spacial score (nSPS) is 12.3. The SMILES string of the molecule is COCCn1cnc2c(C(F)(F)F)cc(Br)cc21. The Hall–Kier alpha value is -1.08. The van der Waals surface area contributed by atoms with Crippen LogP contribution in [0.4, 0.5) is 13.2 Å². The zero-order valence-electron chi connectivity index (χ0n) is 9.46. The first-order valence-corrected chi connectivity index (χ1v) is 5.93. The predicted molar refractivity (Wildman–Crippen MR) is 64.3 cm³/mol. The van der Waals surface area contributed by atoms with E-state index in [0.717, 1.165) is 6.07 Å². The molecular formula is C11H10BrF3N2O. The van der Waals surface area contributed by atoms with Gasteiger partial charge >= 0.3 is 6.18 Å². The van der Waals surface area contributed by atoms with Crippen LogP contribution in [0.3, 0.4) is 0 Å². The fourth-order valence-corrected chi connectivity index (χ4v) is 2.16. The molecule has 3 nitrogen and oxygen atoms in total. The molecule has 1 heterocycles. The summed E-state index contributed by atoms with van der Waals surface area (Å²) >= 11 is 3.09. The highest BCUT2D eigenvalue weighted by atomic mass is 79.9. The number of alkyl halides is 3. The highest BCUT2D eigenvalue weighted by Crippen LogP contribution is 2.36. The smallest absolute Gasteiger partial charge is 0.383 e. The van der Waals surface area contributed by atoms with Gasteiger partial charge in [-0.2, -0.15) is 13.2 Å². The molecule has 0 fully saturated rings. The van der Waals surface area contributed by atoms with Crippen molar-refractivity contribution in [2.45, 2.75) is 12.7 Å². The molecule has 2 aromatic rings. The molecule has 0 radical (unpaired) electrons. The van der Waals surface area contributed by atoms with Gasteiger partial charge < -0.3 is 9.30 Å². The number of imidazole rings is 1. The van der Waals surface area contributed by atoms with Gasteiger partial charge in [0.15, 0.2) is 0 Å². The van der Waals surface area contributed by atoms with Gasteiger partial charge in [0.05, 0.1) is 24.0 Å². The lowest BCUT2D eigenvalue weighted by molar-refractivity contribution is -0.136. The Bertz CT molecular complexity index is 565. The summed E-state index contributed by atoms with van der Waals surface area (Å²) in [6.07, 6.45) is -3.02. The molecule has 2 rings (SSSR count). The van der Waals surface area contributed by atoms with Gasteiger partial charge in [-0.25, -0.2) is 4.98 Å². The Kier molecular flexibility index (Phi) is 3.63. The van der Waals surface area contributed by atoms with Gasteiger partial charge in [0.25, 0.3) is 0 Å². The minimum absolute atomic E-state index is 0.0400. The molecule has 0 aliphatic carbocycles. The van der Waals surface area contributed by atoms with E-state index in [4.69, 9.17) is 4.74 Å². The van der Waals surface area contributed by atoms with Crippen molar-refractivity contribution in [1.29, 1.82) is 0 Å². The molecule has 0 saturated carbocycles. The number of benzene rings is 1. The Morgan fingerprint density at radius 2 is 2.11 bits per heavy atom. The van der Waals surface area contributed by atoms with E-state index in [1.165, 1.54) is 13.4 Å². The van der Waals surface area contributed by atoms with Crippen molar-refractivity contribution in [3.63, 3.8) is 0 Å². The second-order valence-electron chi connectivity index (χ2n) is 3.75. The van der Waals surface area contributed by atoms with Gasteiger partial charge in [0, 0.05) is 18.1 Å². The first-order chi connectivity index (χ1) is 8.43. The monoisotopic (exact) mass is 322 g/mol. The van der Waals surface area contributed by atoms with Crippen molar-refractivity contribution in [3.8, 4) is 0 Å². The average Bonchev–Trinajstić information content (AvgIpc) is 2.67. The number of hydrogen-bond donors (Lipinski definition) is 0. The van der Waals surface area contributed by atoms with E-state index in [1.54, 1.807) is 10.6 Å². The molecule has 18 heavy (non-hydrogen) atoms. The van der Waals surface area contributed by atoms with Gasteiger partial charge in [-0.3, -0.25) is 0 Å². The predicted octanol–water partition coefficient (Wildman–Crippen LogP) is 3.46. The molecule has 0 aliphatic heterocycles. The lowest BCUT2D eigenvalue weighted by atomic mass is 10.2. The quantitative estimate of drug-likeness (QED) is 0.865. The molecule has 0 aliphatic rings. The summed E-state index contributed by atoms with van der Waals surface area (Å²) in [6, 6.07) is 2.66. The van der Waals surface area contributed by atoms with Gasteiger partial charge in [-0.05, 0) is 12.1 Å². The van der Waals surface area contributed by atoms with Gasteiger partial charge in [-0.15, -0.1) is 0 Å². The van der Waals surface area contributed by atoms with Crippen molar-refractivity contribution >= 4 is 27.0 Å². The standard InChI is InChI=1S/C11H10BrF3N2O/c1-18-3-2-17-6-16-10-8(11(13,14)15)4-7(12)5-9(10)17/h4-6H,2-3H2,1H3. The Labute approximate surface area is 110 Å². The lowest BCUT2D eigenvalue weighted by Gasteiger charge is -2.09. The summed E-state index contributed by atoms with van der Waals surface area (Å²) in [6.45, 7) is 0.875. The maximum absolute atomic E-state index is 12.9. The molecule has 1 aromatic heterocycles. The summed E-state index contributed by atoms with van der Waals surface area (Å²) in [7, 11) is 1.54. The van der Waals surface area contributed by atoms with Crippen molar-refractivity contribution in [2.24, 2.45) is 0 Å². The van der Waals surface area contributed by atoms with Crippen molar-refractivity contribution < 1.29 is 17.9 Å². The first kappa shape index (κ1) is 13.4. The summed E-state index contributed by atoms with van der Waals surface area (Å²) in [4.78, 5) is 3.85. The molecule has 0 N–H and O–H groups in total. The molecule has 0 spiro atoms. The van der Waals surface area contributed by atoms with Crippen molar-refractivity contribution in [2.75, 3.05) is 13.7 Å². The molecule has 0 amide bonds. The minimum Gasteiger partial charge on any atom is -0.383 e. The molecule has 0 saturated heterocycles. The van der Waals surface area contributed by atoms with Gasteiger partial charge in [0.1, 0.15) is 5.52 Å². The topological polar surface area (TPSA) is 27.1 Å². The molecule has 98 valence electrons. The number of methoxy groups -OCH3 is 1. The van der Waals surface area contributed by atoms with Crippen LogP contribution < -0.4 is 0 Å². The average molecular weight is 323 g/mol. The number of ether oxygens (including phenoxy) is 1. The van der Waals surface area contributed by atoms with Crippen LogP contribution in [0.2, 0.25) is 0 Å². The van der Waals surface area contributed by atoms with Crippen LogP contribution >= 0.6 is 15.9 Å². The number of fused-ring (bicyclic) bond motifs is 1. The summed E-state index contributed by atoms with van der Waals surface area (Å²) in [5, 5.41) is 0. The number of nitrogens with zero attached hydrogens (tertiary/aromatic N) is 2. The second-order valence-corrected chi connectivity index (χ2v) is 4.67. The second kappa shape index (κ2) is 4.89. The zero-order chi connectivity index (χ0) is 13.3. The highest BCUT2D eigenvalue weighted by molar-refractivity contribution is 9.10. The molecule has 0 bridgehead atoms. The van der Waals surface area contributed by atoms with Crippen LogP contribution in [0.1, 0.15) is 5.56 Å². The number of rotatable bonds is 3. The molecule has 0 unspecified atom stereocenters. The van der Waals surface area contributed by atoms with E-state index < -0.39 is 11.7 Å². The summed E-state index contributed by atoms with van der Waals surface area (Å²) in [5.74, 6) is 0. The van der Waals surface area contributed by atoms with Gasteiger partial charge in [-0.1, -0.05) is 15.9 Å². The van der Waals surface area contributed by atoms with Crippen LogP contribution in [-0.4, -0.2) is 23.3 Å². The number of aromatic nitrogens is 2. The Morgan fingerprint density at radius 3 is 2.72 bits per heavy atom. The molecule has 0 atom stereocenters. The summed E-state index contributed by atoms with van der Waals surface area (Å²) in [5.41, 5.74) is -0.335. The fourth-order valence-electron chi connectivity index (χ4n) is 1.71. The molecule has 7 heteroatoms. The third-order valence-corrected chi connectivity index (χ3v) is 2.99. The van der Waals surface area contributed by atoms with Crippen LogP contribution in [0, 0.1) is 0 Å². The Balaban J connectivity index is 2.58. The molecular weight excluding hydrogens is 313 g/mol.